The van der Waals surface area contributed by atoms with Gasteiger partial charge in [-0.2, -0.15) is 0 Å². The van der Waals surface area contributed by atoms with E-state index in [1.807, 2.05) is 17.1 Å². The second-order valence-electron chi connectivity index (χ2n) is 9.42. The van der Waals surface area contributed by atoms with Crippen molar-refractivity contribution in [1.82, 2.24) is 20.4 Å². The normalized spacial score (nSPS) is 17.7. The molecule has 0 radical (unpaired) electrons. The van der Waals surface area contributed by atoms with Crippen LogP contribution in [0, 0.1) is 5.92 Å². The number of allylic oxidation sites excluding steroid dienone is 10. The van der Waals surface area contributed by atoms with Gasteiger partial charge in [-0.1, -0.05) is 92.3 Å². The summed E-state index contributed by atoms with van der Waals surface area (Å²) in [4.78, 5) is 8.70. The predicted molar refractivity (Wildman–Crippen MR) is 161 cm³/mol. The summed E-state index contributed by atoms with van der Waals surface area (Å²) in [7, 11) is 0. The molecule has 6 rings (SSSR count). The first-order chi connectivity index (χ1) is 18.8. The third-order valence-electron chi connectivity index (χ3n) is 7.05. The number of hydrazine groups is 1. The molecule has 1 atom stereocenters. The summed E-state index contributed by atoms with van der Waals surface area (Å²) in [6, 6.07) is 15.1. The van der Waals surface area contributed by atoms with Crippen molar-refractivity contribution >= 4 is 11.4 Å². The van der Waals surface area contributed by atoms with Gasteiger partial charge in [-0.25, -0.2) is 10.4 Å². The Kier molecular flexibility index (Phi) is 8.26. The average Bonchev–Trinajstić information content (AvgIpc) is 3.38. The van der Waals surface area contributed by atoms with Gasteiger partial charge in [-0.3, -0.25) is 4.99 Å². The van der Waals surface area contributed by atoms with Gasteiger partial charge in [0.15, 0.2) is 0 Å². The minimum atomic E-state index is 0. The Bertz CT molecular complexity index is 1420. The number of aromatic nitrogens is 2. The smallest absolute Gasteiger partial charge is 0.142 e. The van der Waals surface area contributed by atoms with Crippen LogP contribution >= 0.6 is 0 Å². The molecule has 0 spiro atoms. The van der Waals surface area contributed by atoms with E-state index in [1.54, 1.807) is 11.8 Å². The van der Waals surface area contributed by atoms with Gasteiger partial charge in [-0.05, 0) is 59.2 Å². The molecular weight excluding hydrogens is 466 g/mol. The Morgan fingerprint density at radius 2 is 1.79 bits per heavy atom. The molecule has 1 aliphatic heterocycles. The van der Waals surface area contributed by atoms with Crippen molar-refractivity contribution in [2.75, 3.05) is 13.1 Å². The Labute approximate surface area is 227 Å². The second kappa shape index (κ2) is 12.3. The molecule has 5 heteroatoms. The number of nitrogens with zero attached hydrogens (tertiary/aromatic N) is 3. The molecule has 0 bridgehead atoms. The topological polar surface area (TPSA) is 54.2 Å². The highest BCUT2D eigenvalue weighted by atomic mass is 15.4. The van der Waals surface area contributed by atoms with E-state index < -0.39 is 0 Å². The van der Waals surface area contributed by atoms with Crippen molar-refractivity contribution in [3.8, 4) is 16.8 Å². The molecule has 1 aromatic heterocycles. The highest BCUT2D eigenvalue weighted by Gasteiger charge is 2.15. The minimum Gasteiger partial charge on any atom is -0.306 e. The molecule has 2 heterocycles. The molecule has 0 saturated heterocycles. The molecule has 0 saturated carbocycles. The number of aliphatic imine (C=N–C) groups is 1. The predicted octanol–water partition coefficient (Wildman–Crippen LogP) is 7.07. The van der Waals surface area contributed by atoms with E-state index in [4.69, 9.17) is 0 Å². The van der Waals surface area contributed by atoms with Crippen molar-refractivity contribution < 1.29 is 1.43 Å². The quantitative estimate of drug-likeness (QED) is 0.378. The number of amidine groups is 1. The highest BCUT2D eigenvalue weighted by molar-refractivity contribution is 6.01. The lowest BCUT2D eigenvalue weighted by Crippen LogP contribution is -2.43. The van der Waals surface area contributed by atoms with Crippen LogP contribution in [-0.2, 0) is 0 Å². The van der Waals surface area contributed by atoms with Crippen LogP contribution in [0.4, 0.5) is 0 Å². The van der Waals surface area contributed by atoms with E-state index in [1.165, 1.54) is 35.1 Å². The van der Waals surface area contributed by atoms with Gasteiger partial charge in [-0.15, -0.1) is 0 Å². The molecule has 5 nitrogen and oxygen atoms in total. The van der Waals surface area contributed by atoms with Gasteiger partial charge >= 0.3 is 0 Å². The highest BCUT2D eigenvalue weighted by Crippen LogP contribution is 2.34. The van der Waals surface area contributed by atoms with Crippen LogP contribution in [0.3, 0.4) is 0 Å². The SMILES string of the molecule is C1=CC(c2cc(C3=NCCNN3)ccc2-c2ccc(-n3ccnc3)cc2)=C1.CCC1=CC=CC=CC1CC.[HH]. The van der Waals surface area contributed by atoms with Crippen molar-refractivity contribution in [3.05, 3.63) is 126 Å². The molecule has 38 heavy (non-hydrogen) atoms. The molecule has 2 aromatic carbocycles. The molecule has 2 N–H and O–H groups in total. The number of nitrogens with one attached hydrogen (secondary N) is 2. The molecule has 3 aromatic rings. The molecule has 2 aliphatic carbocycles. The zero-order valence-electron chi connectivity index (χ0n) is 22.1. The lowest BCUT2D eigenvalue weighted by Gasteiger charge is -2.19. The Morgan fingerprint density at radius 1 is 0.947 bits per heavy atom. The number of hydrogen-bond acceptors (Lipinski definition) is 4. The summed E-state index contributed by atoms with van der Waals surface area (Å²) in [5.41, 5.74) is 15.0. The van der Waals surface area contributed by atoms with E-state index in [2.05, 4.69) is 126 Å². The Balaban J connectivity index is 0.000000250. The monoisotopic (exact) mass is 503 g/mol. The number of imidazole rings is 1. The van der Waals surface area contributed by atoms with Crippen LogP contribution in [0.5, 0.6) is 0 Å². The number of hydrogen-bond donors (Lipinski definition) is 2. The molecule has 3 aliphatic rings. The molecule has 0 fully saturated rings. The zero-order valence-corrected chi connectivity index (χ0v) is 22.1. The molecule has 194 valence electrons. The van der Waals surface area contributed by atoms with Gasteiger partial charge in [0.1, 0.15) is 5.84 Å². The van der Waals surface area contributed by atoms with Crippen LogP contribution < -0.4 is 10.9 Å². The van der Waals surface area contributed by atoms with E-state index in [9.17, 15) is 0 Å². The standard InChI is InChI=1S/C22H19N5.C11H16.H2/c1-2-16(3-1)21-14-18(22-24-10-11-25-26-22)6-9-20(21)17-4-7-19(8-5-17)27-13-12-23-15-27;1-3-10-8-6-5-7-9-11(10)4-2;/h1-9,12-15,25H,10-11H2,(H,24,26);5-10H,3-4H2,1-2H3;1H. The van der Waals surface area contributed by atoms with E-state index in [0.717, 1.165) is 30.2 Å². The van der Waals surface area contributed by atoms with Crippen molar-refractivity contribution in [2.24, 2.45) is 10.9 Å². The first-order valence-electron chi connectivity index (χ1n) is 13.5. The van der Waals surface area contributed by atoms with Gasteiger partial charge in [0.25, 0.3) is 0 Å². The van der Waals surface area contributed by atoms with Gasteiger partial charge in [0, 0.05) is 31.6 Å². The molecule has 0 amide bonds. The van der Waals surface area contributed by atoms with Gasteiger partial charge in [0.05, 0.1) is 12.9 Å². The average molecular weight is 504 g/mol. The maximum atomic E-state index is 4.58. The fourth-order valence-electron chi connectivity index (χ4n) is 4.82. The van der Waals surface area contributed by atoms with Crippen LogP contribution in [0.1, 0.15) is 39.2 Å². The fraction of sp³-hybridized carbons (Fsp3) is 0.212. The van der Waals surface area contributed by atoms with E-state index >= 15 is 0 Å². The van der Waals surface area contributed by atoms with Gasteiger partial charge in [0.2, 0.25) is 0 Å². The first-order valence-corrected chi connectivity index (χ1v) is 13.5. The van der Waals surface area contributed by atoms with Crippen LogP contribution in [0.2, 0.25) is 0 Å². The van der Waals surface area contributed by atoms with Crippen LogP contribution in [-0.4, -0.2) is 28.5 Å². The first kappa shape index (κ1) is 25.4. The fourth-order valence-corrected chi connectivity index (χ4v) is 4.82. The van der Waals surface area contributed by atoms with Crippen molar-refractivity contribution in [3.63, 3.8) is 0 Å². The summed E-state index contributed by atoms with van der Waals surface area (Å²) in [6.45, 7) is 6.11. The summed E-state index contributed by atoms with van der Waals surface area (Å²) >= 11 is 0. The number of rotatable bonds is 6. The lowest BCUT2D eigenvalue weighted by molar-refractivity contribution is 0.627. The van der Waals surface area contributed by atoms with E-state index in [0.29, 0.717) is 5.92 Å². The minimum absolute atomic E-state index is 0. The van der Waals surface area contributed by atoms with Crippen molar-refractivity contribution in [2.45, 2.75) is 26.7 Å². The molecular formula is C33H37N5. The number of benzene rings is 2. The second-order valence-corrected chi connectivity index (χ2v) is 9.42. The van der Waals surface area contributed by atoms with Crippen LogP contribution in [0.15, 0.2) is 120 Å². The zero-order chi connectivity index (χ0) is 26.2. The van der Waals surface area contributed by atoms with Crippen molar-refractivity contribution in [1.29, 1.82) is 0 Å². The third kappa shape index (κ3) is 5.84. The summed E-state index contributed by atoms with van der Waals surface area (Å²) in [6.07, 6.45) is 25.2. The van der Waals surface area contributed by atoms with Crippen LogP contribution in [0.25, 0.3) is 22.4 Å². The maximum absolute atomic E-state index is 4.58. The lowest BCUT2D eigenvalue weighted by atomic mass is 9.89. The Morgan fingerprint density at radius 3 is 2.45 bits per heavy atom. The summed E-state index contributed by atoms with van der Waals surface area (Å²) in [5, 5.41) is 0. The summed E-state index contributed by atoms with van der Waals surface area (Å²) < 4.78 is 2.00. The molecule has 1 unspecified atom stereocenters. The largest absolute Gasteiger partial charge is 0.306 e. The van der Waals surface area contributed by atoms with E-state index in [-0.39, 0.29) is 1.43 Å². The summed E-state index contributed by atoms with van der Waals surface area (Å²) in [5.74, 6) is 1.57. The maximum Gasteiger partial charge on any atom is 0.142 e. The third-order valence-corrected chi connectivity index (χ3v) is 7.05. The Hall–Kier alpha value is -4.22. The van der Waals surface area contributed by atoms with Gasteiger partial charge < -0.3 is 9.99 Å².